The predicted molar refractivity (Wildman–Crippen MR) is 95.1 cm³/mol. The molecule has 1 aliphatic heterocycles. The molecule has 1 aromatic heterocycles. The number of aromatic nitrogens is 1. The van der Waals surface area contributed by atoms with E-state index in [1.54, 1.807) is 6.20 Å². The van der Waals surface area contributed by atoms with Crippen LogP contribution < -0.4 is 4.74 Å². The van der Waals surface area contributed by atoms with Crippen molar-refractivity contribution in [1.82, 2.24) is 9.88 Å². The van der Waals surface area contributed by atoms with Crippen molar-refractivity contribution in [1.29, 1.82) is 0 Å². The van der Waals surface area contributed by atoms with E-state index >= 15 is 0 Å². The van der Waals surface area contributed by atoms with Gasteiger partial charge in [-0.2, -0.15) is 0 Å². The molecule has 2 heterocycles. The Morgan fingerprint density at radius 3 is 2.85 bits per heavy atom. The van der Waals surface area contributed by atoms with Crippen LogP contribution in [0, 0.1) is 0 Å². The molecule has 0 unspecified atom stereocenters. The molecule has 0 aromatic carbocycles. The van der Waals surface area contributed by atoms with Crippen molar-refractivity contribution in [2.24, 2.45) is 0 Å². The molecule has 1 saturated heterocycles. The molecule has 1 fully saturated rings. The lowest BCUT2D eigenvalue weighted by Gasteiger charge is -2.13. The van der Waals surface area contributed by atoms with Gasteiger partial charge in [0.15, 0.2) is 0 Å². The summed E-state index contributed by atoms with van der Waals surface area (Å²) in [6, 6.07) is 1.95. The summed E-state index contributed by atoms with van der Waals surface area (Å²) >= 11 is 8.86. The lowest BCUT2D eigenvalue weighted by Crippen LogP contribution is -2.20. The van der Waals surface area contributed by atoms with Crippen LogP contribution in [0.3, 0.4) is 0 Å². The highest BCUT2D eigenvalue weighted by atomic mass is 79.9. The Balaban J connectivity index is 0.00000200. The van der Waals surface area contributed by atoms with Crippen molar-refractivity contribution in [3.05, 3.63) is 21.2 Å². The topological polar surface area (TPSA) is 25.4 Å². The Hall–Kier alpha value is 0.510. The summed E-state index contributed by atoms with van der Waals surface area (Å²) in [7, 11) is 0. The van der Waals surface area contributed by atoms with E-state index in [1.165, 1.54) is 37.6 Å². The largest absolute Gasteiger partial charge is 0.477 e. The fourth-order valence-corrected chi connectivity index (χ4v) is 4.05. The number of hydrogen-bond donors (Lipinski definition) is 0. The fraction of sp³-hybridized carbons (Fsp3) is 0.615. The molecule has 0 amide bonds. The van der Waals surface area contributed by atoms with Gasteiger partial charge in [0.05, 0.1) is 11.1 Å². The summed E-state index contributed by atoms with van der Waals surface area (Å²) in [4.78, 5) is 6.76. The van der Waals surface area contributed by atoms with Crippen LogP contribution in [0.1, 0.15) is 19.3 Å². The van der Waals surface area contributed by atoms with Crippen LogP contribution in [0.4, 0.5) is 0 Å². The first kappa shape index (κ1) is 18.6. The van der Waals surface area contributed by atoms with Gasteiger partial charge >= 0.3 is 0 Å². The molecule has 0 atom stereocenters. The molecule has 0 aliphatic carbocycles. The Morgan fingerprint density at radius 1 is 1.30 bits per heavy atom. The zero-order valence-corrected chi connectivity index (χ0v) is 16.0. The Morgan fingerprint density at radius 2 is 2.15 bits per heavy atom. The molecule has 1 aliphatic rings. The minimum absolute atomic E-state index is 0. The lowest BCUT2D eigenvalue weighted by molar-refractivity contribution is 0.283. The molecular formula is C13H19Br2ClN2OS. The van der Waals surface area contributed by atoms with E-state index in [1.807, 2.05) is 17.8 Å². The second kappa shape index (κ2) is 10.3. The van der Waals surface area contributed by atoms with Crippen molar-refractivity contribution >= 4 is 56.0 Å². The average Bonchev–Trinajstić information content (AvgIpc) is 2.89. The van der Waals surface area contributed by atoms with Crippen LogP contribution in [0.5, 0.6) is 5.88 Å². The smallest absolute Gasteiger partial charge is 0.228 e. The molecule has 1 aromatic rings. The quantitative estimate of drug-likeness (QED) is 0.573. The Labute approximate surface area is 147 Å². The number of pyridine rings is 1. The molecular weight excluding hydrogens is 427 g/mol. The third-order valence-electron chi connectivity index (χ3n) is 2.96. The molecule has 20 heavy (non-hydrogen) atoms. The summed E-state index contributed by atoms with van der Waals surface area (Å²) in [5.74, 6) is 3.19. The van der Waals surface area contributed by atoms with Crippen LogP contribution >= 0.6 is 56.0 Å². The number of rotatable bonds is 7. The molecule has 7 heteroatoms. The molecule has 2 rings (SSSR count). The summed E-state index contributed by atoms with van der Waals surface area (Å²) in [5, 5.41) is 0. The van der Waals surface area contributed by atoms with Gasteiger partial charge < -0.3 is 4.74 Å². The summed E-state index contributed by atoms with van der Waals surface area (Å²) in [6.45, 7) is 3.23. The van der Waals surface area contributed by atoms with Gasteiger partial charge in [0.25, 0.3) is 0 Å². The van der Waals surface area contributed by atoms with Crippen molar-refractivity contribution in [2.75, 3.05) is 31.3 Å². The fourth-order valence-electron chi connectivity index (χ4n) is 1.92. The predicted octanol–water partition coefficient (Wildman–Crippen LogP) is 4.58. The molecule has 0 N–H and O–H groups in total. The summed E-state index contributed by atoms with van der Waals surface area (Å²) in [5.41, 5.74) is 0. The molecule has 0 saturated carbocycles. The van der Waals surface area contributed by atoms with Crippen molar-refractivity contribution in [2.45, 2.75) is 19.3 Å². The number of unbranched alkanes of at least 4 members (excludes halogenated alkanes) is 2. The van der Waals surface area contributed by atoms with Gasteiger partial charge in [-0.1, -0.05) is 0 Å². The maximum Gasteiger partial charge on any atom is 0.228 e. The number of halogens is 3. The highest BCUT2D eigenvalue weighted by Crippen LogP contribution is 2.25. The molecule has 0 bridgehead atoms. The van der Waals surface area contributed by atoms with E-state index < -0.39 is 0 Å². The van der Waals surface area contributed by atoms with E-state index in [0.29, 0.717) is 5.88 Å². The molecule has 114 valence electrons. The number of thioether (sulfide) groups is 1. The third kappa shape index (κ3) is 6.52. The van der Waals surface area contributed by atoms with Gasteiger partial charge in [-0.25, -0.2) is 4.98 Å². The van der Waals surface area contributed by atoms with E-state index in [0.717, 1.165) is 22.0 Å². The summed E-state index contributed by atoms with van der Waals surface area (Å²) in [6.07, 6.45) is 5.32. The van der Waals surface area contributed by atoms with Crippen molar-refractivity contribution < 1.29 is 4.74 Å². The molecule has 3 nitrogen and oxygen atoms in total. The monoisotopic (exact) mass is 444 g/mol. The van der Waals surface area contributed by atoms with Crippen LogP contribution in [0.25, 0.3) is 0 Å². The minimum Gasteiger partial charge on any atom is -0.477 e. The van der Waals surface area contributed by atoms with E-state index in [2.05, 4.69) is 41.7 Å². The molecule has 0 spiro atoms. The minimum atomic E-state index is 0. The first-order valence-corrected chi connectivity index (χ1v) is 9.24. The van der Waals surface area contributed by atoms with Crippen LogP contribution in [0.2, 0.25) is 0 Å². The Bertz CT molecular complexity index is 406. The second-order valence-corrected chi connectivity index (χ2v) is 7.35. The lowest BCUT2D eigenvalue weighted by atomic mass is 10.2. The first-order valence-electron chi connectivity index (χ1n) is 6.49. The van der Waals surface area contributed by atoms with Gasteiger partial charge in [0, 0.05) is 28.8 Å². The zero-order valence-electron chi connectivity index (χ0n) is 11.2. The normalized spacial score (nSPS) is 15.1. The highest BCUT2D eigenvalue weighted by Gasteiger charge is 2.10. The van der Waals surface area contributed by atoms with Gasteiger partial charge in [-0.15, -0.1) is 24.2 Å². The SMILES string of the molecule is Brc1cnc(OCCCCCN2CCSC2)c(Br)c1.Cl. The maximum atomic E-state index is 5.67. The van der Waals surface area contributed by atoms with E-state index in [9.17, 15) is 0 Å². The van der Waals surface area contributed by atoms with E-state index in [4.69, 9.17) is 4.74 Å². The maximum absolute atomic E-state index is 5.67. The zero-order chi connectivity index (χ0) is 13.5. The van der Waals surface area contributed by atoms with Crippen molar-refractivity contribution in [3.63, 3.8) is 0 Å². The van der Waals surface area contributed by atoms with Crippen LogP contribution in [0.15, 0.2) is 21.2 Å². The van der Waals surface area contributed by atoms with Crippen molar-refractivity contribution in [3.8, 4) is 5.88 Å². The van der Waals surface area contributed by atoms with Gasteiger partial charge in [-0.3, -0.25) is 4.90 Å². The first-order chi connectivity index (χ1) is 9.25. The highest BCUT2D eigenvalue weighted by molar-refractivity contribution is 9.11. The number of hydrogen-bond acceptors (Lipinski definition) is 4. The van der Waals surface area contributed by atoms with Crippen LogP contribution in [-0.4, -0.2) is 41.2 Å². The summed E-state index contributed by atoms with van der Waals surface area (Å²) < 4.78 is 7.52. The second-order valence-electron chi connectivity index (χ2n) is 4.51. The van der Waals surface area contributed by atoms with Crippen LogP contribution in [-0.2, 0) is 0 Å². The van der Waals surface area contributed by atoms with E-state index in [-0.39, 0.29) is 12.4 Å². The number of nitrogens with zero attached hydrogens (tertiary/aromatic N) is 2. The van der Waals surface area contributed by atoms with Gasteiger partial charge in [0.2, 0.25) is 5.88 Å². The third-order valence-corrected chi connectivity index (χ3v) is 4.98. The van der Waals surface area contributed by atoms with Gasteiger partial charge in [0.1, 0.15) is 0 Å². The Kier molecular flexibility index (Phi) is 9.53. The van der Waals surface area contributed by atoms with Gasteiger partial charge in [-0.05, 0) is 63.7 Å². The number of ether oxygens (including phenoxy) is 1. The molecule has 0 radical (unpaired) electrons. The average molecular weight is 447 g/mol. The standard InChI is InChI=1S/C13H18Br2N2OS.ClH/c14-11-8-12(15)13(16-9-11)18-6-3-1-2-4-17-5-7-19-10-17;/h8-9H,1-7,10H2;1H.